The van der Waals surface area contributed by atoms with E-state index in [1.54, 1.807) is 25.1 Å². The van der Waals surface area contributed by atoms with E-state index in [1.165, 1.54) is 0 Å². The molecule has 4 nitrogen and oxygen atoms in total. The fourth-order valence-corrected chi connectivity index (χ4v) is 1.90. The van der Waals surface area contributed by atoms with Crippen LogP contribution < -0.4 is 9.47 Å². The fraction of sp³-hybridized carbons (Fsp3) is 0.278. The van der Waals surface area contributed by atoms with Crippen LogP contribution in [-0.2, 0) is 16.1 Å². The van der Waals surface area contributed by atoms with Crippen LogP contribution in [0.25, 0.3) is 0 Å². The van der Waals surface area contributed by atoms with Gasteiger partial charge in [0.25, 0.3) is 0 Å². The number of esters is 1. The van der Waals surface area contributed by atoms with Crippen LogP contribution in [0.15, 0.2) is 54.6 Å². The van der Waals surface area contributed by atoms with E-state index in [2.05, 4.69) is 0 Å². The fourth-order valence-electron chi connectivity index (χ4n) is 1.90. The van der Waals surface area contributed by atoms with Crippen molar-refractivity contribution >= 4 is 5.97 Å². The molecule has 0 aliphatic rings. The molecule has 0 aliphatic carbocycles. The van der Waals surface area contributed by atoms with Gasteiger partial charge in [0.1, 0.15) is 6.61 Å². The largest absolute Gasteiger partial charge is 0.485 e. The summed E-state index contributed by atoms with van der Waals surface area (Å²) < 4.78 is 16.3. The molecule has 0 aliphatic heterocycles. The zero-order valence-electron chi connectivity index (χ0n) is 12.8. The highest BCUT2D eigenvalue weighted by Gasteiger charge is 2.17. The van der Waals surface area contributed by atoms with E-state index in [9.17, 15) is 4.79 Å². The van der Waals surface area contributed by atoms with Crippen LogP contribution in [0.2, 0.25) is 0 Å². The molecule has 22 heavy (non-hydrogen) atoms. The van der Waals surface area contributed by atoms with E-state index in [0.717, 1.165) is 5.56 Å². The van der Waals surface area contributed by atoms with Gasteiger partial charge in [-0.05, 0) is 31.5 Å². The van der Waals surface area contributed by atoms with Gasteiger partial charge in [-0.2, -0.15) is 0 Å². The highest BCUT2D eigenvalue weighted by atomic mass is 16.6. The Balaban J connectivity index is 2.02. The van der Waals surface area contributed by atoms with Crippen molar-refractivity contribution in [3.05, 3.63) is 60.2 Å². The van der Waals surface area contributed by atoms with Gasteiger partial charge in [0, 0.05) is 6.61 Å². The van der Waals surface area contributed by atoms with Gasteiger partial charge in [0.05, 0.1) is 0 Å². The van der Waals surface area contributed by atoms with E-state index in [-0.39, 0.29) is 0 Å². The maximum absolute atomic E-state index is 11.9. The molecular weight excluding hydrogens is 280 g/mol. The third-order valence-electron chi connectivity index (χ3n) is 3.05. The first kappa shape index (κ1) is 16.0. The van der Waals surface area contributed by atoms with Gasteiger partial charge in [0.15, 0.2) is 17.6 Å². The summed E-state index contributed by atoms with van der Waals surface area (Å²) in [7, 11) is 0. The van der Waals surface area contributed by atoms with Crippen molar-refractivity contribution in [3.63, 3.8) is 0 Å². The van der Waals surface area contributed by atoms with Crippen molar-refractivity contribution in [1.82, 2.24) is 0 Å². The van der Waals surface area contributed by atoms with Crippen LogP contribution in [0.5, 0.6) is 11.5 Å². The van der Waals surface area contributed by atoms with Gasteiger partial charge >= 0.3 is 5.97 Å². The van der Waals surface area contributed by atoms with E-state index in [4.69, 9.17) is 14.2 Å². The molecule has 0 saturated heterocycles. The number of para-hydroxylation sites is 2. The Bertz CT molecular complexity index is 595. The highest BCUT2D eigenvalue weighted by Crippen LogP contribution is 2.27. The third-order valence-corrected chi connectivity index (χ3v) is 3.05. The standard InChI is InChI=1S/C18H20O4/c1-3-20-14(2)18(19)22-17-12-8-7-11-16(17)21-13-15-9-5-4-6-10-15/h4-12,14H,3,13H2,1-2H3. The lowest BCUT2D eigenvalue weighted by Crippen LogP contribution is -2.25. The van der Waals surface area contributed by atoms with E-state index in [1.807, 2.05) is 43.3 Å². The van der Waals surface area contributed by atoms with Gasteiger partial charge in [-0.1, -0.05) is 42.5 Å². The van der Waals surface area contributed by atoms with E-state index in [0.29, 0.717) is 24.7 Å². The zero-order valence-corrected chi connectivity index (χ0v) is 12.8. The van der Waals surface area contributed by atoms with Gasteiger partial charge < -0.3 is 14.2 Å². The summed E-state index contributed by atoms with van der Waals surface area (Å²) in [4.78, 5) is 11.9. The maximum atomic E-state index is 11.9. The van der Waals surface area contributed by atoms with Crippen LogP contribution in [0.3, 0.4) is 0 Å². The first-order valence-corrected chi connectivity index (χ1v) is 7.29. The van der Waals surface area contributed by atoms with Crippen LogP contribution in [0.1, 0.15) is 19.4 Å². The number of ether oxygens (including phenoxy) is 3. The lowest BCUT2D eigenvalue weighted by atomic mass is 10.2. The smallest absolute Gasteiger partial charge is 0.340 e. The molecular formula is C18H20O4. The number of carbonyl (C=O) groups is 1. The molecule has 1 unspecified atom stereocenters. The summed E-state index contributed by atoms with van der Waals surface area (Å²) in [5.41, 5.74) is 1.05. The lowest BCUT2D eigenvalue weighted by Gasteiger charge is -2.14. The van der Waals surface area contributed by atoms with Gasteiger partial charge in [-0.3, -0.25) is 0 Å². The molecule has 0 amide bonds. The van der Waals surface area contributed by atoms with Crippen molar-refractivity contribution in [2.24, 2.45) is 0 Å². The average molecular weight is 300 g/mol. The summed E-state index contributed by atoms with van der Waals surface area (Å²) in [6, 6.07) is 16.9. The molecule has 4 heteroatoms. The molecule has 0 N–H and O–H groups in total. The Morgan fingerprint density at radius 2 is 1.64 bits per heavy atom. The second-order valence-electron chi connectivity index (χ2n) is 4.74. The molecule has 0 spiro atoms. The third kappa shape index (κ3) is 4.60. The Morgan fingerprint density at radius 3 is 2.32 bits per heavy atom. The summed E-state index contributed by atoms with van der Waals surface area (Å²) >= 11 is 0. The SMILES string of the molecule is CCOC(C)C(=O)Oc1ccccc1OCc1ccccc1. The topological polar surface area (TPSA) is 44.8 Å². The maximum Gasteiger partial charge on any atom is 0.340 e. The molecule has 116 valence electrons. The molecule has 0 heterocycles. The summed E-state index contributed by atoms with van der Waals surface area (Å²) in [5.74, 6) is 0.496. The minimum Gasteiger partial charge on any atom is -0.485 e. The molecule has 2 aromatic carbocycles. The molecule has 0 fully saturated rings. The molecule has 2 rings (SSSR count). The van der Waals surface area contributed by atoms with E-state index >= 15 is 0 Å². The number of carbonyl (C=O) groups excluding carboxylic acids is 1. The summed E-state index contributed by atoms with van der Waals surface area (Å²) in [5, 5.41) is 0. The van der Waals surface area contributed by atoms with Crippen LogP contribution in [-0.4, -0.2) is 18.7 Å². The van der Waals surface area contributed by atoms with Crippen molar-refractivity contribution in [2.75, 3.05) is 6.61 Å². The van der Waals surface area contributed by atoms with Crippen LogP contribution in [0, 0.1) is 0 Å². The highest BCUT2D eigenvalue weighted by molar-refractivity contribution is 5.77. The zero-order chi connectivity index (χ0) is 15.8. The number of rotatable bonds is 7. The Kier molecular flexibility index (Phi) is 5.98. The first-order valence-electron chi connectivity index (χ1n) is 7.29. The lowest BCUT2D eigenvalue weighted by molar-refractivity contribution is -0.146. The molecule has 1 atom stereocenters. The molecule has 2 aromatic rings. The predicted octanol–water partition coefficient (Wildman–Crippen LogP) is 3.60. The van der Waals surface area contributed by atoms with Crippen molar-refractivity contribution in [3.8, 4) is 11.5 Å². The molecule has 0 aromatic heterocycles. The summed E-state index contributed by atoms with van der Waals surface area (Å²) in [6.07, 6.45) is -0.604. The number of hydrogen-bond donors (Lipinski definition) is 0. The van der Waals surface area contributed by atoms with Crippen molar-refractivity contribution < 1.29 is 19.0 Å². The van der Waals surface area contributed by atoms with Crippen molar-refractivity contribution in [2.45, 2.75) is 26.6 Å². The van der Waals surface area contributed by atoms with Gasteiger partial charge in [-0.15, -0.1) is 0 Å². The number of hydrogen-bond acceptors (Lipinski definition) is 4. The predicted molar refractivity (Wildman–Crippen MR) is 83.9 cm³/mol. The second-order valence-corrected chi connectivity index (χ2v) is 4.74. The quantitative estimate of drug-likeness (QED) is 0.579. The van der Waals surface area contributed by atoms with Gasteiger partial charge in [0.2, 0.25) is 0 Å². The molecule has 0 saturated carbocycles. The monoisotopic (exact) mass is 300 g/mol. The average Bonchev–Trinajstić information content (AvgIpc) is 2.55. The van der Waals surface area contributed by atoms with Crippen LogP contribution in [0.4, 0.5) is 0 Å². The van der Waals surface area contributed by atoms with Crippen molar-refractivity contribution in [1.29, 1.82) is 0 Å². The molecule has 0 bridgehead atoms. The normalized spacial score (nSPS) is 11.7. The molecule has 0 radical (unpaired) electrons. The second kappa shape index (κ2) is 8.20. The minimum absolute atomic E-state index is 0.398. The number of benzene rings is 2. The minimum atomic E-state index is -0.604. The Labute approximate surface area is 130 Å². The Hall–Kier alpha value is -2.33. The first-order chi connectivity index (χ1) is 10.7. The van der Waals surface area contributed by atoms with E-state index < -0.39 is 12.1 Å². The Morgan fingerprint density at radius 1 is 1.00 bits per heavy atom. The van der Waals surface area contributed by atoms with Gasteiger partial charge in [-0.25, -0.2) is 4.79 Å². The summed E-state index contributed by atoms with van der Waals surface area (Å²) in [6.45, 7) is 4.37. The van der Waals surface area contributed by atoms with Crippen LogP contribution >= 0.6 is 0 Å².